The second-order valence-corrected chi connectivity index (χ2v) is 9.28. The van der Waals surface area contributed by atoms with Gasteiger partial charge in [-0.25, -0.2) is 9.18 Å². The lowest BCUT2D eigenvalue weighted by molar-refractivity contribution is -0.217. The van der Waals surface area contributed by atoms with Crippen molar-refractivity contribution in [1.82, 2.24) is 9.55 Å². The minimum absolute atomic E-state index is 0.331. The molecular formula is C13H18FN2O7PS. The Kier molecular flexibility index (Phi) is 4.56. The smallest absolute Gasteiger partial charge is 0.330 e. The molecule has 0 bridgehead atoms. The molecule has 2 saturated heterocycles. The third-order valence-corrected chi connectivity index (χ3v) is 6.25. The lowest BCUT2D eigenvalue weighted by atomic mass is 9.95. The molecule has 5 atom stereocenters. The van der Waals surface area contributed by atoms with Crippen LogP contribution in [0.5, 0.6) is 0 Å². The first-order chi connectivity index (χ1) is 11.5. The minimum Gasteiger partial charge on any atom is -0.382 e. The number of H-pyrrole nitrogens is 1. The van der Waals surface area contributed by atoms with E-state index < -0.39 is 48.4 Å². The number of nitrogens with zero attached hydrogens (tertiary/aromatic N) is 1. The molecule has 3 rings (SSSR count). The molecule has 1 aromatic heterocycles. The van der Waals surface area contributed by atoms with Gasteiger partial charge in [-0.15, -0.1) is 0 Å². The van der Waals surface area contributed by atoms with Crippen LogP contribution in [0.15, 0.2) is 21.9 Å². The van der Waals surface area contributed by atoms with Gasteiger partial charge in [-0.3, -0.25) is 18.9 Å². The maximum Gasteiger partial charge on any atom is 0.330 e. The predicted molar refractivity (Wildman–Crippen MR) is 87.2 cm³/mol. The van der Waals surface area contributed by atoms with Crippen molar-refractivity contribution in [2.75, 3.05) is 6.61 Å². The van der Waals surface area contributed by atoms with Gasteiger partial charge in [0.2, 0.25) is 0 Å². The molecule has 2 aliphatic heterocycles. The summed E-state index contributed by atoms with van der Waals surface area (Å²) in [6, 6.07) is 1.05. The van der Waals surface area contributed by atoms with Crippen LogP contribution in [-0.4, -0.2) is 44.9 Å². The number of hydrogen-bond acceptors (Lipinski definition) is 8. The summed E-state index contributed by atoms with van der Waals surface area (Å²) in [5.74, 6) is -2.54. The van der Waals surface area contributed by atoms with E-state index >= 15 is 4.39 Å². The van der Waals surface area contributed by atoms with Gasteiger partial charge >= 0.3 is 12.4 Å². The highest BCUT2D eigenvalue weighted by Gasteiger charge is 2.68. The van der Waals surface area contributed by atoms with E-state index in [1.807, 2.05) is 4.98 Å². The van der Waals surface area contributed by atoms with Crippen LogP contribution in [-0.2, 0) is 30.1 Å². The minimum atomic E-state index is -3.29. The number of fused-ring (bicyclic) bond motifs is 1. The van der Waals surface area contributed by atoms with Crippen LogP contribution in [0.3, 0.4) is 0 Å². The summed E-state index contributed by atoms with van der Waals surface area (Å²) in [7, 11) is 0. The molecule has 140 valence electrons. The molecule has 2 fully saturated rings. The molecule has 2 N–H and O–H groups in total. The number of aromatic nitrogens is 2. The van der Waals surface area contributed by atoms with Gasteiger partial charge < -0.3 is 18.9 Å². The van der Waals surface area contributed by atoms with Crippen LogP contribution >= 0.6 is 6.72 Å². The molecule has 1 unspecified atom stereocenters. The Balaban J connectivity index is 1.98. The fraction of sp³-hybridized carbons (Fsp3) is 0.692. The molecule has 12 heteroatoms. The third-order valence-electron chi connectivity index (χ3n) is 3.83. The highest BCUT2D eigenvalue weighted by Crippen LogP contribution is 2.62. The molecule has 2 aliphatic rings. The van der Waals surface area contributed by atoms with Gasteiger partial charge in [-0.05, 0) is 32.6 Å². The van der Waals surface area contributed by atoms with Gasteiger partial charge in [0.1, 0.15) is 12.2 Å². The van der Waals surface area contributed by atoms with Gasteiger partial charge in [0.05, 0.1) is 6.10 Å². The van der Waals surface area contributed by atoms with Crippen molar-refractivity contribution in [3.8, 4) is 0 Å². The van der Waals surface area contributed by atoms with Crippen LogP contribution < -0.4 is 11.2 Å². The normalized spacial score (nSPS) is 41.0. The fourth-order valence-corrected chi connectivity index (χ4v) is 5.40. The molecule has 0 radical (unpaired) electrons. The maximum absolute atomic E-state index is 15.2. The van der Waals surface area contributed by atoms with Crippen LogP contribution in [0, 0.1) is 0 Å². The van der Waals surface area contributed by atoms with E-state index in [2.05, 4.69) is 0 Å². The van der Waals surface area contributed by atoms with Crippen molar-refractivity contribution < 1.29 is 27.8 Å². The lowest BCUT2D eigenvalue weighted by Gasteiger charge is -2.39. The van der Waals surface area contributed by atoms with Crippen LogP contribution in [0.2, 0.25) is 0 Å². The van der Waals surface area contributed by atoms with Gasteiger partial charge in [0, 0.05) is 12.3 Å². The first-order valence-electron chi connectivity index (χ1n) is 7.49. The zero-order chi connectivity index (χ0) is 18.6. The monoisotopic (exact) mass is 396 g/mol. The number of aliphatic hydroxyl groups is 1. The van der Waals surface area contributed by atoms with E-state index in [-0.39, 0.29) is 6.10 Å². The molecule has 0 spiro atoms. The van der Waals surface area contributed by atoms with E-state index in [0.717, 1.165) is 16.8 Å². The van der Waals surface area contributed by atoms with Crippen molar-refractivity contribution >= 4 is 18.5 Å². The Labute approximate surface area is 146 Å². The number of hydrogen-bond donors (Lipinski definition) is 2. The van der Waals surface area contributed by atoms with Crippen molar-refractivity contribution in [3.05, 3.63) is 33.1 Å². The summed E-state index contributed by atoms with van der Waals surface area (Å²) in [5, 5.41) is 10.8. The lowest BCUT2D eigenvalue weighted by Crippen LogP contribution is -2.53. The second kappa shape index (κ2) is 6.05. The van der Waals surface area contributed by atoms with E-state index in [1.54, 1.807) is 13.8 Å². The zero-order valence-electron chi connectivity index (χ0n) is 13.7. The molecule has 0 amide bonds. The van der Waals surface area contributed by atoms with Crippen molar-refractivity contribution in [2.45, 2.75) is 50.7 Å². The summed E-state index contributed by atoms with van der Waals surface area (Å²) >= 11 is 5.20. The number of aromatic amines is 1. The zero-order valence-corrected chi connectivity index (χ0v) is 15.4. The van der Waals surface area contributed by atoms with E-state index in [9.17, 15) is 14.7 Å². The van der Waals surface area contributed by atoms with Crippen LogP contribution in [0.25, 0.3) is 0 Å². The van der Waals surface area contributed by atoms with Crippen molar-refractivity contribution in [1.29, 1.82) is 0 Å². The largest absolute Gasteiger partial charge is 0.382 e. The topological polar surface area (TPSA) is 112 Å². The highest BCUT2D eigenvalue weighted by atomic mass is 32.5. The van der Waals surface area contributed by atoms with Gasteiger partial charge in [0.25, 0.3) is 11.4 Å². The highest BCUT2D eigenvalue weighted by molar-refractivity contribution is 8.07. The number of rotatable bonds is 3. The van der Waals surface area contributed by atoms with Gasteiger partial charge in [-0.2, -0.15) is 0 Å². The summed E-state index contributed by atoms with van der Waals surface area (Å²) in [6.07, 6.45) is -2.23. The number of halogens is 1. The van der Waals surface area contributed by atoms with Gasteiger partial charge in [0.15, 0.2) is 12.3 Å². The van der Waals surface area contributed by atoms with Crippen LogP contribution in [0.1, 0.15) is 27.0 Å². The molecule has 0 aliphatic carbocycles. The summed E-state index contributed by atoms with van der Waals surface area (Å²) in [6.45, 7) is 0.766. The van der Waals surface area contributed by atoms with E-state index in [4.69, 9.17) is 30.1 Å². The quantitative estimate of drug-likeness (QED) is 0.713. The first kappa shape index (κ1) is 18.8. The number of ether oxygens (including phenoxy) is 1. The molecule has 0 aromatic carbocycles. The summed E-state index contributed by atoms with van der Waals surface area (Å²) < 4.78 is 37.5. The average Bonchev–Trinajstić information content (AvgIpc) is 2.67. The average molecular weight is 396 g/mol. The SMILES string of the molecule is CC(C)OP1(=S)OC[C@@]2(F)O[C@@H](n3ccc(=O)[nH]c3=O)[C@](C)(O)[C@@H]2O1. The summed E-state index contributed by atoms with van der Waals surface area (Å²) in [5.41, 5.74) is -3.48. The third kappa shape index (κ3) is 3.25. The maximum atomic E-state index is 15.2. The van der Waals surface area contributed by atoms with E-state index in [0.29, 0.717) is 0 Å². The Bertz CT molecular complexity index is 840. The molecule has 1 aromatic rings. The Morgan fingerprint density at radius 1 is 1.56 bits per heavy atom. The number of nitrogens with one attached hydrogen (secondary N) is 1. The Morgan fingerprint density at radius 2 is 2.24 bits per heavy atom. The molecule has 0 saturated carbocycles. The molecule has 3 heterocycles. The standard InChI is InChI=1S/C13H18FN2O7PS/c1-7(2)22-24(25)20-6-13(14)9(23-24)12(3,19)10(21-13)16-5-4-8(17)15-11(16)18/h4-5,7,9-10,19H,6H2,1-3H3,(H,15,17,18)/t9-,10+,12+,13+,24?/m0/s1. The van der Waals surface area contributed by atoms with Crippen molar-refractivity contribution in [3.63, 3.8) is 0 Å². The molecule has 9 nitrogen and oxygen atoms in total. The van der Waals surface area contributed by atoms with Crippen molar-refractivity contribution in [2.24, 2.45) is 0 Å². The predicted octanol–water partition coefficient (Wildman–Crippen LogP) is 0.547. The molecule has 25 heavy (non-hydrogen) atoms. The summed E-state index contributed by atoms with van der Waals surface area (Å²) in [4.78, 5) is 25.2. The van der Waals surface area contributed by atoms with Gasteiger partial charge in [-0.1, -0.05) is 0 Å². The Hall–Kier alpha value is -0.940. The molecular weight excluding hydrogens is 378 g/mol. The van der Waals surface area contributed by atoms with Crippen LogP contribution in [0.4, 0.5) is 4.39 Å². The number of alkyl halides is 1. The first-order valence-corrected chi connectivity index (χ1v) is 10.0. The fourth-order valence-electron chi connectivity index (χ4n) is 2.82. The van der Waals surface area contributed by atoms with E-state index in [1.165, 1.54) is 6.92 Å². The Morgan fingerprint density at radius 3 is 2.84 bits per heavy atom. The second-order valence-electron chi connectivity index (χ2n) is 6.36.